The van der Waals surface area contributed by atoms with E-state index in [1.807, 2.05) is 75.4 Å². The largest absolute Gasteiger partial charge is 0.456 e. The Morgan fingerprint density at radius 3 is 2.34 bits per heavy atom. The lowest BCUT2D eigenvalue weighted by Crippen LogP contribution is -2.62. The highest BCUT2D eigenvalue weighted by atomic mass is 16.5. The van der Waals surface area contributed by atoms with Crippen LogP contribution < -0.4 is 16.1 Å². The summed E-state index contributed by atoms with van der Waals surface area (Å²) in [5, 5.41) is 18.5. The van der Waals surface area contributed by atoms with Gasteiger partial charge in [-0.25, -0.2) is 5.43 Å². The van der Waals surface area contributed by atoms with Gasteiger partial charge in [-0.2, -0.15) is 0 Å². The quantitative estimate of drug-likeness (QED) is 0.137. The second-order valence-electron chi connectivity index (χ2n) is 15.3. The first-order valence-electron chi connectivity index (χ1n) is 20.0. The smallest absolute Gasteiger partial charge is 0.325 e. The number of aliphatic hydroxyl groups excluding tert-OH is 1. The predicted octanol–water partition coefficient (Wildman–Crippen LogP) is 5.02. The number of hydrogen-bond acceptors (Lipinski definition) is 9. The number of amides is 3. The fourth-order valence-corrected chi connectivity index (χ4v) is 6.71. The first-order valence-corrected chi connectivity index (χ1v) is 20.0. The van der Waals surface area contributed by atoms with Crippen molar-refractivity contribution in [3.8, 4) is 0 Å². The first kappa shape index (κ1) is 45.7. The Morgan fingerprint density at radius 2 is 1.68 bits per heavy atom. The Balaban J connectivity index is 2.02. The van der Waals surface area contributed by atoms with E-state index in [1.165, 1.54) is 18.0 Å². The van der Waals surface area contributed by atoms with Gasteiger partial charge in [0.2, 0.25) is 11.8 Å². The topological polar surface area (TPSA) is 171 Å². The molecular formula is C44H62N4O8. The minimum atomic E-state index is -1.11. The highest BCUT2D eigenvalue weighted by Gasteiger charge is 2.37. The number of cyclic esters (lactones) is 1. The Bertz CT molecular complexity index is 1620. The molecule has 7 atom stereocenters. The number of Topliss-reactive ketones (excluding diaryl/α,β-unsaturated/α-hetero) is 1. The zero-order chi connectivity index (χ0) is 41.2. The molecule has 4 N–H and O–H groups in total. The maximum Gasteiger partial charge on any atom is 0.325 e. The van der Waals surface area contributed by atoms with Crippen molar-refractivity contribution in [1.29, 1.82) is 0 Å². The normalized spacial score (nSPS) is 27.8. The van der Waals surface area contributed by atoms with E-state index < -0.39 is 59.9 Å². The summed E-state index contributed by atoms with van der Waals surface area (Å²) in [4.78, 5) is 79.9. The molecule has 0 radical (unpaired) electrons. The SMILES string of the molecule is CCCC(=O)/C=C/C=C(\C)[C@@H]1C/C=C/C=C/CC(C)C(O)C(CCC(C)=O)C(=O)NC(C(C)C)C(=O)NC(Cc2ccccc2)C(=O)N2CCCC(N2)C(=O)O1. The molecule has 2 bridgehead atoms. The number of allylic oxidation sites excluding steroid dienone is 6. The molecule has 6 unspecified atom stereocenters. The van der Waals surface area contributed by atoms with Crippen LogP contribution in [0.5, 0.6) is 0 Å². The maximum atomic E-state index is 14.3. The highest BCUT2D eigenvalue weighted by molar-refractivity contribution is 5.93. The molecule has 1 saturated heterocycles. The van der Waals surface area contributed by atoms with Crippen molar-refractivity contribution in [2.75, 3.05) is 6.54 Å². The van der Waals surface area contributed by atoms with Gasteiger partial charge in [0.25, 0.3) is 5.91 Å². The third-order valence-corrected chi connectivity index (χ3v) is 10.2. The van der Waals surface area contributed by atoms with Gasteiger partial charge >= 0.3 is 5.97 Å². The minimum Gasteiger partial charge on any atom is -0.456 e. The summed E-state index contributed by atoms with van der Waals surface area (Å²) >= 11 is 0. The zero-order valence-electron chi connectivity index (χ0n) is 33.9. The maximum absolute atomic E-state index is 14.3. The molecule has 2 aliphatic heterocycles. The van der Waals surface area contributed by atoms with Crippen molar-refractivity contribution < 1.29 is 38.6 Å². The van der Waals surface area contributed by atoms with Crippen LogP contribution in [0, 0.1) is 17.8 Å². The van der Waals surface area contributed by atoms with Gasteiger partial charge in [-0.3, -0.25) is 29.0 Å². The third-order valence-electron chi connectivity index (χ3n) is 10.2. The van der Waals surface area contributed by atoms with E-state index in [2.05, 4.69) is 16.1 Å². The van der Waals surface area contributed by atoms with Crippen LogP contribution in [0.4, 0.5) is 0 Å². The van der Waals surface area contributed by atoms with E-state index in [9.17, 15) is 33.9 Å². The molecule has 3 rings (SSSR count). The van der Waals surface area contributed by atoms with Gasteiger partial charge in [0.05, 0.1) is 12.0 Å². The molecule has 56 heavy (non-hydrogen) atoms. The number of esters is 1. The Labute approximate surface area is 332 Å². The van der Waals surface area contributed by atoms with Crippen LogP contribution in [0.2, 0.25) is 0 Å². The number of benzene rings is 1. The second kappa shape index (κ2) is 23.4. The number of carbonyl (C=O) groups excluding carboxylic acids is 6. The van der Waals surface area contributed by atoms with Gasteiger partial charge in [-0.1, -0.05) is 94.5 Å². The van der Waals surface area contributed by atoms with Crippen LogP contribution >= 0.6 is 0 Å². The number of nitrogens with one attached hydrogen (secondary N) is 3. The summed E-state index contributed by atoms with van der Waals surface area (Å²) < 4.78 is 6.05. The predicted molar refractivity (Wildman–Crippen MR) is 215 cm³/mol. The van der Waals surface area contributed by atoms with Gasteiger partial charge < -0.3 is 25.3 Å². The summed E-state index contributed by atoms with van der Waals surface area (Å²) in [6.07, 6.45) is 13.7. The molecule has 12 nitrogen and oxygen atoms in total. The molecule has 3 amide bonds. The molecule has 12 heteroatoms. The molecule has 1 aromatic rings. The summed E-state index contributed by atoms with van der Waals surface area (Å²) in [6.45, 7) is 10.9. The van der Waals surface area contributed by atoms with E-state index in [0.717, 1.165) is 17.6 Å². The fraction of sp³-hybridized carbons (Fsp3) is 0.545. The van der Waals surface area contributed by atoms with Crippen molar-refractivity contribution in [3.63, 3.8) is 0 Å². The average molecular weight is 775 g/mol. The average Bonchev–Trinajstić information content (AvgIpc) is 3.16. The van der Waals surface area contributed by atoms with Crippen molar-refractivity contribution >= 4 is 35.3 Å². The lowest BCUT2D eigenvalue weighted by Gasteiger charge is -2.36. The third kappa shape index (κ3) is 14.8. The van der Waals surface area contributed by atoms with Crippen LogP contribution in [-0.2, 0) is 39.9 Å². The monoisotopic (exact) mass is 774 g/mol. The van der Waals surface area contributed by atoms with Crippen LogP contribution in [0.1, 0.15) is 98.5 Å². The van der Waals surface area contributed by atoms with Crippen molar-refractivity contribution in [1.82, 2.24) is 21.1 Å². The molecule has 306 valence electrons. The van der Waals surface area contributed by atoms with E-state index in [0.29, 0.717) is 32.1 Å². The van der Waals surface area contributed by atoms with Crippen molar-refractivity contribution in [3.05, 3.63) is 84.0 Å². The Morgan fingerprint density at radius 1 is 0.982 bits per heavy atom. The molecular weight excluding hydrogens is 713 g/mol. The summed E-state index contributed by atoms with van der Waals surface area (Å²) in [5.74, 6) is -3.95. The van der Waals surface area contributed by atoms with Gasteiger partial charge in [-0.15, -0.1) is 0 Å². The van der Waals surface area contributed by atoms with Gasteiger partial charge in [0.1, 0.15) is 30.0 Å². The fourth-order valence-electron chi connectivity index (χ4n) is 6.71. The number of ketones is 2. The first-order chi connectivity index (χ1) is 26.7. The Hall–Kier alpha value is -4.68. The van der Waals surface area contributed by atoms with Crippen LogP contribution in [0.15, 0.2) is 78.4 Å². The van der Waals surface area contributed by atoms with E-state index in [1.54, 1.807) is 26.0 Å². The van der Waals surface area contributed by atoms with E-state index in [-0.39, 0.29) is 49.2 Å². The number of carbonyl (C=O) groups is 6. The highest BCUT2D eigenvalue weighted by Crippen LogP contribution is 2.23. The molecule has 0 aliphatic carbocycles. The molecule has 2 aliphatic rings. The number of nitrogens with zero attached hydrogens (tertiary/aromatic N) is 1. The lowest BCUT2D eigenvalue weighted by atomic mass is 9.85. The molecule has 2 heterocycles. The summed E-state index contributed by atoms with van der Waals surface area (Å²) in [5.41, 5.74) is 4.58. The van der Waals surface area contributed by atoms with Gasteiger partial charge in [0, 0.05) is 32.2 Å². The molecule has 0 aromatic heterocycles. The number of aliphatic hydroxyl groups is 1. The van der Waals surface area contributed by atoms with Crippen LogP contribution in [0.3, 0.4) is 0 Å². The van der Waals surface area contributed by atoms with Crippen molar-refractivity contribution in [2.24, 2.45) is 17.8 Å². The minimum absolute atomic E-state index is 0.00362. The van der Waals surface area contributed by atoms with Crippen molar-refractivity contribution in [2.45, 2.75) is 130 Å². The number of fused-ring (bicyclic) bond motifs is 2. The number of hydrogen-bond donors (Lipinski definition) is 4. The van der Waals surface area contributed by atoms with Gasteiger partial charge in [0.15, 0.2) is 5.78 Å². The van der Waals surface area contributed by atoms with Crippen LogP contribution in [0.25, 0.3) is 0 Å². The van der Waals surface area contributed by atoms with E-state index in [4.69, 9.17) is 4.74 Å². The molecule has 0 spiro atoms. The van der Waals surface area contributed by atoms with Crippen LogP contribution in [-0.4, -0.2) is 82.3 Å². The number of rotatable bonds is 11. The molecule has 0 saturated carbocycles. The standard InChI is InChI=1S/C44H62N4O8/c1-7-17-34(50)22-15-19-30(4)38-24-14-9-8-11-18-31(5)40(51)35(26-25-32(6)49)41(52)46-39(29(2)3)42(53)45-37(28-33-20-12-10-13-21-33)43(54)48-27-16-23-36(47-48)44(55)56-38/h8-15,19-22,29,31,35-40,47,51H,7,16-18,23-28H2,1-6H3,(H,45,53)(H,46,52)/b11-8+,14-9+,22-15+,30-19+/t31?,35?,36?,37?,38-,39?,40?/m0/s1. The molecule has 1 aromatic carbocycles. The number of hydrazine groups is 1. The summed E-state index contributed by atoms with van der Waals surface area (Å²) in [6, 6.07) is 6.29. The van der Waals surface area contributed by atoms with E-state index >= 15 is 0 Å². The molecule has 1 fully saturated rings. The second-order valence-corrected chi connectivity index (χ2v) is 15.3. The summed E-state index contributed by atoms with van der Waals surface area (Å²) in [7, 11) is 0. The lowest BCUT2D eigenvalue weighted by molar-refractivity contribution is -0.156. The zero-order valence-corrected chi connectivity index (χ0v) is 33.9. The number of ether oxygens (including phenoxy) is 1. The van der Waals surface area contributed by atoms with Gasteiger partial charge in [-0.05, 0) is 75.0 Å². The Kier molecular flexibility index (Phi) is 19.1.